The maximum Gasteiger partial charge on any atom is 0.258 e. The molecule has 0 bridgehead atoms. The van der Waals surface area contributed by atoms with Gasteiger partial charge in [0.2, 0.25) is 10.0 Å². The summed E-state index contributed by atoms with van der Waals surface area (Å²) in [6.07, 6.45) is 2.17. The van der Waals surface area contributed by atoms with E-state index in [2.05, 4.69) is 4.98 Å². The smallest absolute Gasteiger partial charge is 0.258 e. The molecular weight excluding hydrogens is 450 g/mol. The lowest BCUT2D eigenvalue weighted by Crippen LogP contribution is -2.34. The van der Waals surface area contributed by atoms with E-state index < -0.39 is 10.0 Å². The number of hydrogen-bond acceptors (Lipinski definition) is 5. The first kappa shape index (κ1) is 22.2. The van der Waals surface area contributed by atoms with Crippen molar-refractivity contribution < 1.29 is 13.2 Å². The van der Waals surface area contributed by atoms with E-state index in [0.717, 1.165) is 5.69 Å². The number of rotatable bonds is 7. The van der Waals surface area contributed by atoms with Gasteiger partial charge in [0.15, 0.2) is 5.78 Å². The Morgan fingerprint density at radius 3 is 2.29 bits per heavy atom. The monoisotopic (exact) mass is 473 g/mol. The molecule has 8 heteroatoms. The zero-order valence-electron chi connectivity index (χ0n) is 18.6. The number of benzene rings is 2. The van der Waals surface area contributed by atoms with E-state index in [9.17, 15) is 18.0 Å². The first-order chi connectivity index (χ1) is 16.4. The number of fused-ring (bicyclic) bond motifs is 5. The minimum Gasteiger partial charge on any atom is -0.306 e. The SMILES string of the molecule is CN(CCc1ccccn1)S(=O)(=O)CCn1c2c(c3ccccc3c1=O)C(=O)c1ccccc1-2. The number of aromatic nitrogens is 2. The van der Waals surface area contributed by atoms with Gasteiger partial charge in [-0.25, -0.2) is 12.7 Å². The minimum atomic E-state index is -3.65. The summed E-state index contributed by atoms with van der Waals surface area (Å²) in [5, 5.41) is 0.999. The van der Waals surface area contributed by atoms with Gasteiger partial charge in [-0.2, -0.15) is 0 Å². The topological polar surface area (TPSA) is 89.3 Å². The van der Waals surface area contributed by atoms with Crippen LogP contribution in [0.4, 0.5) is 0 Å². The number of carbonyl (C=O) groups is 1. The molecule has 4 aromatic rings. The molecule has 0 radical (unpaired) electrons. The third-order valence-corrected chi connectivity index (χ3v) is 8.12. The molecule has 34 heavy (non-hydrogen) atoms. The quantitative estimate of drug-likeness (QED) is 0.362. The largest absolute Gasteiger partial charge is 0.306 e. The average molecular weight is 474 g/mol. The van der Waals surface area contributed by atoms with E-state index in [1.807, 2.05) is 24.3 Å². The minimum absolute atomic E-state index is 0.0517. The highest BCUT2D eigenvalue weighted by Gasteiger charge is 2.32. The van der Waals surface area contributed by atoms with Gasteiger partial charge in [0.25, 0.3) is 5.56 Å². The first-order valence-electron chi connectivity index (χ1n) is 11.0. The van der Waals surface area contributed by atoms with Crippen LogP contribution in [-0.4, -0.2) is 47.4 Å². The number of sulfonamides is 1. The number of ketones is 1. The predicted octanol–water partition coefficient (Wildman–Crippen LogP) is 3.11. The van der Waals surface area contributed by atoms with Crippen LogP contribution < -0.4 is 5.56 Å². The van der Waals surface area contributed by atoms with E-state index in [-0.39, 0.29) is 30.2 Å². The number of carbonyl (C=O) groups excluding carboxylic acids is 1. The number of likely N-dealkylation sites (N-methyl/N-ethyl adjacent to an activating group) is 1. The molecule has 0 fully saturated rings. The fourth-order valence-electron chi connectivity index (χ4n) is 4.46. The van der Waals surface area contributed by atoms with E-state index in [0.29, 0.717) is 39.6 Å². The molecule has 2 aromatic carbocycles. The number of hydrogen-bond donors (Lipinski definition) is 0. The Bertz CT molecular complexity index is 1580. The molecular formula is C26H23N3O4S. The van der Waals surface area contributed by atoms with Crippen molar-refractivity contribution in [1.29, 1.82) is 0 Å². The van der Waals surface area contributed by atoms with Crippen LogP contribution in [0.2, 0.25) is 0 Å². The molecule has 5 rings (SSSR count). The van der Waals surface area contributed by atoms with Gasteiger partial charge in [-0.3, -0.25) is 14.6 Å². The normalized spacial score (nSPS) is 12.8. The van der Waals surface area contributed by atoms with Gasteiger partial charge in [-0.15, -0.1) is 0 Å². The van der Waals surface area contributed by atoms with Crippen molar-refractivity contribution >= 4 is 26.6 Å². The molecule has 0 amide bonds. The van der Waals surface area contributed by atoms with Crippen LogP contribution in [0.5, 0.6) is 0 Å². The van der Waals surface area contributed by atoms with E-state index in [1.54, 1.807) is 48.7 Å². The molecule has 0 spiro atoms. The van der Waals surface area contributed by atoms with Crippen molar-refractivity contribution in [3.05, 3.63) is 100 Å². The van der Waals surface area contributed by atoms with Crippen LogP contribution in [0.3, 0.4) is 0 Å². The maximum absolute atomic E-state index is 13.4. The Kier molecular flexibility index (Phi) is 5.63. The van der Waals surface area contributed by atoms with Crippen LogP contribution in [0.1, 0.15) is 21.6 Å². The molecule has 172 valence electrons. The molecule has 2 aromatic heterocycles. The molecule has 1 aliphatic carbocycles. The average Bonchev–Trinajstić information content (AvgIpc) is 3.15. The van der Waals surface area contributed by atoms with Gasteiger partial charge in [0.1, 0.15) is 0 Å². The van der Waals surface area contributed by atoms with Gasteiger partial charge in [0.05, 0.1) is 17.0 Å². The Morgan fingerprint density at radius 1 is 0.882 bits per heavy atom. The molecule has 1 aliphatic rings. The highest BCUT2D eigenvalue weighted by molar-refractivity contribution is 7.89. The van der Waals surface area contributed by atoms with Gasteiger partial charge in [-0.1, -0.05) is 48.5 Å². The fourth-order valence-corrected chi connectivity index (χ4v) is 5.56. The number of nitrogens with zero attached hydrogens (tertiary/aromatic N) is 3. The Labute approximate surface area is 197 Å². The fraction of sp³-hybridized carbons (Fsp3) is 0.192. The third-order valence-electron chi connectivity index (χ3n) is 6.29. The van der Waals surface area contributed by atoms with Crippen LogP contribution in [0.25, 0.3) is 22.0 Å². The Balaban J connectivity index is 1.50. The summed E-state index contributed by atoms with van der Waals surface area (Å²) >= 11 is 0. The second-order valence-corrected chi connectivity index (χ2v) is 10.5. The molecule has 7 nitrogen and oxygen atoms in total. The zero-order valence-corrected chi connectivity index (χ0v) is 19.5. The summed E-state index contributed by atoms with van der Waals surface area (Å²) in [6.45, 7) is 0.231. The molecule has 0 saturated carbocycles. The second-order valence-electron chi connectivity index (χ2n) is 8.31. The maximum atomic E-state index is 13.4. The first-order valence-corrected chi connectivity index (χ1v) is 12.6. The summed E-state index contributed by atoms with van der Waals surface area (Å²) in [7, 11) is -2.11. The van der Waals surface area contributed by atoms with Gasteiger partial charge >= 0.3 is 0 Å². The summed E-state index contributed by atoms with van der Waals surface area (Å²) in [5.74, 6) is -0.405. The van der Waals surface area contributed by atoms with Crippen molar-refractivity contribution in [2.24, 2.45) is 0 Å². The predicted molar refractivity (Wildman–Crippen MR) is 131 cm³/mol. The summed E-state index contributed by atoms with van der Waals surface area (Å²) in [4.78, 5) is 30.9. The second kappa shape index (κ2) is 8.62. The van der Waals surface area contributed by atoms with Crippen LogP contribution >= 0.6 is 0 Å². The highest BCUT2D eigenvalue weighted by Crippen LogP contribution is 2.39. The van der Waals surface area contributed by atoms with Crippen LogP contribution in [-0.2, 0) is 23.0 Å². The molecule has 0 N–H and O–H groups in total. The van der Waals surface area contributed by atoms with Gasteiger partial charge < -0.3 is 4.57 Å². The number of pyridine rings is 2. The lowest BCUT2D eigenvalue weighted by atomic mass is 10.0. The Hall–Kier alpha value is -3.62. The van der Waals surface area contributed by atoms with Crippen molar-refractivity contribution in [3.63, 3.8) is 0 Å². The standard InChI is InChI=1S/C26H23N3O4S/c1-28(15-13-18-8-6-7-14-27-18)34(32,33)17-16-29-24-20-10-3-4-11-21(20)25(30)23(24)19-9-2-5-12-22(19)26(29)31/h2-12,14H,13,15-17H2,1H3. The Morgan fingerprint density at radius 2 is 1.56 bits per heavy atom. The van der Waals surface area contributed by atoms with Crippen molar-refractivity contribution in [2.45, 2.75) is 13.0 Å². The third kappa shape index (κ3) is 3.74. The van der Waals surface area contributed by atoms with Crippen LogP contribution in [0.15, 0.2) is 77.7 Å². The van der Waals surface area contributed by atoms with E-state index in [1.165, 1.54) is 15.9 Å². The van der Waals surface area contributed by atoms with Crippen molar-refractivity contribution in [3.8, 4) is 11.3 Å². The van der Waals surface area contributed by atoms with Gasteiger partial charge in [-0.05, 0) is 18.2 Å². The van der Waals surface area contributed by atoms with Crippen molar-refractivity contribution in [1.82, 2.24) is 13.9 Å². The van der Waals surface area contributed by atoms with Gasteiger partial charge in [0, 0.05) is 60.3 Å². The summed E-state index contributed by atoms with van der Waals surface area (Å²) in [6, 6.07) is 19.7. The highest BCUT2D eigenvalue weighted by atomic mass is 32.2. The lowest BCUT2D eigenvalue weighted by molar-refractivity contribution is 0.104. The molecule has 0 aliphatic heterocycles. The molecule has 0 atom stereocenters. The molecule has 0 saturated heterocycles. The summed E-state index contributed by atoms with van der Waals surface area (Å²) < 4.78 is 28.8. The zero-order chi connectivity index (χ0) is 23.9. The summed E-state index contributed by atoms with van der Waals surface area (Å²) in [5.41, 5.74) is 2.64. The van der Waals surface area contributed by atoms with E-state index >= 15 is 0 Å². The van der Waals surface area contributed by atoms with E-state index in [4.69, 9.17) is 0 Å². The molecule has 2 heterocycles. The van der Waals surface area contributed by atoms with Crippen molar-refractivity contribution in [2.75, 3.05) is 19.3 Å². The lowest BCUT2D eigenvalue weighted by Gasteiger charge is -2.19. The van der Waals surface area contributed by atoms with Crippen LogP contribution in [0, 0.1) is 0 Å². The molecule has 0 unspecified atom stereocenters.